The third-order valence-electron chi connectivity index (χ3n) is 2.12. The smallest absolute Gasteiger partial charge is 0.389 e. The van der Waals surface area contributed by atoms with Gasteiger partial charge in [0, 0.05) is 19.3 Å². The van der Waals surface area contributed by atoms with Crippen LogP contribution in [0.5, 0.6) is 0 Å². The van der Waals surface area contributed by atoms with E-state index in [-0.39, 0.29) is 18.8 Å². The van der Waals surface area contributed by atoms with E-state index in [1.807, 2.05) is 0 Å². The molecule has 0 aliphatic carbocycles. The molecule has 0 radical (unpaired) electrons. The molecule has 0 heterocycles. The maximum Gasteiger partial charge on any atom is 0.418 e. The van der Waals surface area contributed by atoms with Crippen LogP contribution in [0.1, 0.15) is 5.56 Å². The summed E-state index contributed by atoms with van der Waals surface area (Å²) in [5.41, 5.74) is -0.792. The Morgan fingerprint density at radius 3 is 2.59 bits per heavy atom. The number of aliphatic hydroxyl groups excluding tert-OH is 1. The fourth-order valence-electron chi connectivity index (χ4n) is 1.36. The Kier molecular flexibility index (Phi) is 4.77. The van der Waals surface area contributed by atoms with E-state index in [2.05, 4.69) is 10.1 Å². The normalized spacial score (nSPS) is 13.5. The molecule has 0 fully saturated rings. The lowest BCUT2D eigenvalue weighted by Gasteiger charge is -2.16. The average Bonchev–Trinajstić information content (AvgIpc) is 2.26. The molecule has 1 unspecified atom stereocenters. The number of halogens is 3. The van der Waals surface area contributed by atoms with E-state index in [9.17, 15) is 18.3 Å². The average molecular weight is 249 g/mol. The van der Waals surface area contributed by atoms with Crippen molar-refractivity contribution in [3.05, 3.63) is 29.8 Å². The van der Waals surface area contributed by atoms with E-state index in [0.29, 0.717) is 0 Å². The van der Waals surface area contributed by atoms with Crippen molar-refractivity contribution in [2.45, 2.75) is 12.3 Å². The first kappa shape index (κ1) is 13.8. The lowest BCUT2D eigenvalue weighted by Crippen LogP contribution is -2.25. The summed E-state index contributed by atoms with van der Waals surface area (Å²) < 4.78 is 42.5. The fourth-order valence-corrected chi connectivity index (χ4v) is 1.36. The van der Waals surface area contributed by atoms with Crippen LogP contribution in [0.4, 0.5) is 18.9 Å². The quantitative estimate of drug-likeness (QED) is 0.840. The van der Waals surface area contributed by atoms with Crippen LogP contribution in [0.2, 0.25) is 0 Å². The van der Waals surface area contributed by atoms with Crippen molar-refractivity contribution in [3.63, 3.8) is 0 Å². The molecule has 96 valence electrons. The molecule has 0 bridgehead atoms. The van der Waals surface area contributed by atoms with Crippen molar-refractivity contribution in [2.24, 2.45) is 0 Å². The molecule has 2 N–H and O–H groups in total. The molecule has 1 aromatic rings. The first-order chi connectivity index (χ1) is 7.95. The highest BCUT2D eigenvalue weighted by atomic mass is 19.4. The zero-order valence-corrected chi connectivity index (χ0v) is 9.29. The summed E-state index contributed by atoms with van der Waals surface area (Å²) in [5.74, 6) is 0. The first-order valence-electron chi connectivity index (χ1n) is 5.02. The van der Waals surface area contributed by atoms with E-state index in [4.69, 9.17) is 0 Å². The van der Waals surface area contributed by atoms with Gasteiger partial charge in [0.25, 0.3) is 0 Å². The van der Waals surface area contributed by atoms with Gasteiger partial charge in [-0.05, 0) is 12.1 Å². The number of benzene rings is 1. The predicted octanol–water partition coefficient (Wildman–Crippen LogP) is 2.12. The van der Waals surface area contributed by atoms with Gasteiger partial charge in [-0.3, -0.25) is 0 Å². The molecule has 1 rings (SSSR count). The number of rotatable bonds is 5. The number of para-hydroxylation sites is 1. The number of hydrogen-bond donors (Lipinski definition) is 2. The van der Waals surface area contributed by atoms with Crippen LogP contribution in [0.25, 0.3) is 0 Å². The van der Waals surface area contributed by atoms with Crippen molar-refractivity contribution in [1.82, 2.24) is 0 Å². The minimum Gasteiger partial charge on any atom is -0.389 e. The Labute approximate surface area is 97.2 Å². The maximum absolute atomic E-state index is 12.6. The van der Waals surface area contributed by atoms with Crippen LogP contribution in [0, 0.1) is 0 Å². The molecule has 17 heavy (non-hydrogen) atoms. The van der Waals surface area contributed by atoms with E-state index >= 15 is 0 Å². The molecule has 1 atom stereocenters. The van der Waals surface area contributed by atoms with Crippen LogP contribution < -0.4 is 5.32 Å². The molecule has 1 aromatic carbocycles. The summed E-state index contributed by atoms with van der Waals surface area (Å²) in [6, 6.07) is 5.13. The van der Waals surface area contributed by atoms with Gasteiger partial charge >= 0.3 is 6.18 Å². The first-order valence-corrected chi connectivity index (χ1v) is 5.02. The van der Waals surface area contributed by atoms with Gasteiger partial charge in [0.2, 0.25) is 0 Å². The fraction of sp³-hybridized carbons (Fsp3) is 0.455. The lowest BCUT2D eigenvalue weighted by molar-refractivity contribution is -0.137. The van der Waals surface area contributed by atoms with Gasteiger partial charge in [-0.25, -0.2) is 0 Å². The van der Waals surface area contributed by atoms with Crippen molar-refractivity contribution >= 4 is 5.69 Å². The topological polar surface area (TPSA) is 41.5 Å². The van der Waals surface area contributed by atoms with Crippen molar-refractivity contribution < 1.29 is 23.0 Å². The summed E-state index contributed by atoms with van der Waals surface area (Å²) in [5, 5.41) is 11.9. The number of ether oxygens (including phenoxy) is 1. The van der Waals surface area contributed by atoms with Crippen molar-refractivity contribution in [3.8, 4) is 0 Å². The van der Waals surface area contributed by atoms with E-state index < -0.39 is 17.8 Å². The van der Waals surface area contributed by atoms with Crippen LogP contribution in [-0.2, 0) is 10.9 Å². The van der Waals surface area contributed by atoms with Crippen molar-refractivity contribution in [1.29, 1.82) is 0 Å². The minimum absolute atomic E-state index is 0.000926. The summed E-state index contributed by atoms with van der Waals surface area (Å²) >= 11 is 0. The number of alkyl halides is 3. The molecular formula is C11H14F3NO2. The molecule has 0 saturated heterocycles. The summed E-state index contributed by atoms with van der Waals surface area (Å²) in [4.78, 5) is 0. The van der Waals surface area contributed by atoms with Crippen LogP contribution in [0.15, 0.2) is 24.3 Å². The second-order valence-corrected chi connectivity index (χ2v) is 3.53. The highest BCUT2D eigenvalue weighted by Crippen LogP contribution is 2.34. The molecule has 0 spiro atoms. The molecule has 0 amide bonds. The molecule has 0 aliphatic rings. The molecule has 0 aliphatic heterocycles. The van der Waals surface area contributed by atoms with E-state index in [1.165, 1.54) is 25.3 Å². The zero-order chi connectivity index (χ0) is 12.9. The van der Waals surface area contributed by atoms with Gasteiger partial charge in [0.15, 0.2) is 0 Å². The van der Waals surface area contributed by atoms with Gasteiger partial charge in [0.1, 0.15) is 0 Å². The Morgan fingerprint density at radius 2 is 2.00 bits per heavy atom. The monoisotopic (exact) mass is 249 g/mol. The Balaban J connectivity index is 2.71. The summed E-state index contributed by atoms with van der Waals surface area (Å²) in [7, 11) is 1.41. The van der Waals surface area contributed by atoms with Gasteiger partial charge < -0.3 is 15.2 Å². The van der Waals surface area contributed by atoms with E-state index in [1.54, 1.807) is 0 Å². The molecule has 3 nitrogen and oxygen atoms in total. The molecule has 0 saturated carbocycles. The number of nitrogens with one attached hydrogen (secondary N) is 1. The second kappa shape index (κ2) is 5.88. The van der Waals surface area contributed by atoms with Crippen LogP contribution in [-0.4, -0.2) is 31.5 Å². The van der Waals surface area contributed by atoms with E-state index in [0.717, 1.165) is 6.07 Å². The molecule has 6 heteroatoms. The lowest BCUT2D eigenvalue weighted by atomic mass is 10.1. The number of methoxy groups -OCH3 is 1. The number of hydrogen-bond acceptors (Lipinski definition) is 3. The van der Waals surface area contributed by atoms with Crippen molar-refractivity contribution in [2.75, 3.05) is 25.6 Å². The highest BCUT2D eigenvalue weighted by Gasteiger charge is 2.33. The molecular weight excluding hydrogens is 235 g/mol. The van der Waals surface area contributed by atoms with Crippen LogP contribution in [0.3, 0.4) is 0 Å². The van der Waals surface area contributed by atoms with Gasteiger partial charge in [0.05, 0.1) is 18.3 Å². The third-order valence-corrected chi connectivity index (χ3v) is 2.12. The van der Waals surface area contributed by atoms with Crippen LogP contribution >= 0.6 is 0 Å². The number of aliphatic hydroxyl groups is 1. The number of anilines is 1. The zero-order valence-electron chi connectivity index (χ0n) is 9.29. The highest BCUT2D eigenvalue weighted by molar-refractivity contribution is 5.52. The summed E-state index contributed by atoms with van der Waals surface area (Å²) in [6.45, 7) is 0.0715. The van der Waals surface area contributed by atoms with Gasteiger partial charge in [-0.1, -0.05) is 12.1 Å². The third kappa shape index (κ3) is 4.24. The standard InChI is InChI=1S/C11H14F3NO2/c1-17-7-8(16)6-15-10-5-3-2-4-9(10)11(12,13)14/h2-5,8,15-16H,6-7H2,1H3. The second-order valence-electron chi connectivity index (χ2n) is 3.53. The largest absolute Gasteiger partial charge is 0.418 e. The Hall–Kier alpha value is -1.27. The van der Waals surface area contributed by atoms with Gasteiger partial charge in [-0.15, -0.1) is 0 Å². The summed E-state index contributed by atoms with van der Waals surface area (Å²) in [6.07, 6.45) is -5.25. The van der Waals surface area contributed by atoms with Gasteiger partial charge in [-0.2, -0.15) is 13.2 Å². The predicted molar refractivity (Wildman–Crippen MR) is 57.8 cm³/mol. The molecule has 0 aromatic heterocycles. The minimum atomic E-state index is -4.41. The Morgan fingerprint density at radius 1 is 1.35 bits per heavy atom. The maximum atomic E-state index is 12.6. The Bertz CT molecular complexity index is 355. The SMILES string of the molecule is COCC(O)CNc1ccccc1C(F)(F)F.